The summed E-state index contributed by atoms with van der Waals surface area (Å²) in [5, 5.41) is 9.19. The minimum Gasteiger partial charge on any atom is -0.283 e. The summed E-state index contributed by atoms with van der Waals surface area (Å²) in [4.78, 5) is 4.83. The summed E-state index contributed by atoms with van der Waals surface area (Å²) in [5.74, 6) is 0.749. The molecule has 0 bridgehead atoms. The van der Waals surface area contributed by atoms with E-state index in [9.17, 15) is 0 Å². The minimum absolute atomic E-state index is 0.749. The Morgan fingerprint density at radius 2 is 1.56 bits per heavy atom. The third-order valence-electron chi connectivity index (χ3n) is 4.76. The molecule has 0 aliphatic rings. The summed E-state index contributed by atoms with van der Waals surface area (Å²) in [5.41, 5.74) is 8.37. The van der Waals surface area contributed by atoms with Crippen molar-refractivity contribution < 1.29 is 0 Å². The third kappa shape index (κ3) is 3.26. The molecule has 2 heterocycles. The van der Waals surface area contributed by atoms with Gasteiger partial charge in [-0.3, -0.25) is 4.40 Å². The van der Waals surface area contributed by atoms with Crippen LogP contribution in [0.4, 0.5) is 11.5 Å². The fourth-order valence-corrected chi connectivity index (χ4v) is 3.27. The van der Waals surface area contributed by atoms with Crippen LogP contribution in [0, 0.1) is 27.7 Å². The van der Waals surface area contributed by atoms with Crippen LogP contribution in [0.2, 0.25) is 0 Å². The van der Waals surface area contributed by atoms with Gasteiger partial charge in [-0.25, -0.2) is 4.98 Å². The Bertz CT molecular complexity index is 1170. The molecule has 0 N–H and O–H groups in total. The molecule has 0 aliphatic heterocycles. The molecule has 4 rings (SSSR count). The highest BCUT2D eigenvalue weighted by Gasteiger charge is 2.15. The highest BCUT2D eigenvalue weighted by atomic mass is 15.2. The lowest BCUT2D eigenvalue weighted by atomic mass is 10.0. The van der Waals surface area contributed by atoms with Gasteiger partial charge in [0.05, 0.1) is 5.69 Å². The van der Waals surface area contributed by atoms with E-state index in [2.05, 4.69) is 67.4 Å². The molecule has 0 saturated heterocycles. The Hall–Kier alpha value is -3.27. The number of hydrogen-bond acceptors (Lipinski definition) is 3. The lowest BCUT2D eigenvalue weighted by molar-refractivity contribution is 1.10. The van der Waals surface area contributed by atoms with Gasteiger partial charge in [0.2, 0.25) is 0 Å². The van der Waals surface area contributed by atoms with Crippen LogP contribution >= 0.6 is 0 Å². The topological polar surface area (TPSA) is 42.0 Å². The predicted octanol–water partition coefficient (Wildman–Crippen LogP) is 6.65. The number of hydrogen-bond donors (Lipinski definition) is 0. The van der Waals surface area contributed by atoms with E-state index in [-0.39, 0.29) is 0 Å². The number of rotatable bonds is 3. The summed E-state index contributed by atoms with van der Waals surface area (Å²) in [7, 11) is 0. The number of benzene rings is 2. The Morgan fingerprint density at radius 1 is 0.778 bits per heavy atom. The minimum atomic E-state index is 0.749. The smallest absolute Gasteiger partial charge is 0.187 e. The van der Waals surface area contributed by atoms with Crippen LogP contribution in [0.5, 0.6) is 0 Å². The molecule has 27 heavy (non-hydrogen) atoms. The van der Waals surface area contributed by atoms with Crippen molar-refractivity contribution in [3.63, 3.8) is 0 Å². The Morgan fingerprint density at radius 3 is 2.37 bits per heavy atom. The number of aryl methyl sites for hydroxylation is 4. The highest BCUT2D eigenvalue weighted by Crippen LogP contribution is 2.34. The number of aromatic nitrogens is 2. The first kappa shape index (κ1) is 17.2. The number of imidazole rings is 1. The van der Waals surface area contributed by atoms with Crippen molar-refractivity contribution in [2.75, 3.05) is 0 Å². The van der Waals surface area contributed by atoms with Crippen LogP contribution in [0.25, 0.3) is 16.9 Å². The van der Waals surface area contributed by atoms with Crippen molar-refractivity contribution in [3.05, 3.63) is 83.0 Å². The quantitative estimate of drug-likeness (QED) is 0.380. The Balaban J connectivity index is 1.91. The monoisotopic (exact) mass is 354 g/mol. The van der Waals surface area contributed by atoms with Gasteiger partial charge in [0.1, 0.15) is 11.3 Å². The van der Waals surface area contributed by atoms with Gasteiger partial charge in [0.15, 0.2) is 5.82 Å². The molecule has 0 radical (unpaired) electrons. The van der Waals surface area contributed by atoms with Gasteiger partial charge < -0.3 is 0 Å². The lowest BCUT2D eigenvalue weighted by Gasteiger charge is -2.05. The maximum atomic E-state index is 4.83. The summed E-state index contributed by atoms with van der Waals surface area (Å²) in [6.45, 7) is 8.32. The standard InChI is InChI=1S/C23H22N4/c1-15-9-11-19(18(4)13-15)22-23(27-12-6-5-7-21(27)24-22)26-25-20-14-16(2)8-10-17(20)3/h5-14H,1-4H3. The molecule has 134 valence electrons. The first-order chi connectivity index (χ1) is 13.0. The van der Waals surface area contributed by atoms with Crippen LogP contribution in [-0.4, -0.2) is 9.38 Å². The number of azo groups is 1. The molecule has 0 unspecified atom stereocenters. The maximum absolute atomic E-state index is 4.83. The molecular formula is C23H22N4. The first-order valence-electron chi connectivity index (χ1n) is 9.06. The molecule has 0 atom stereocenters. The van der Waals surface area contributed by atoms with E-state index in [0.29, 0.717) is 0 Å². The van der Waals surface area contributed by atoms with Gasteiger partial charge in [0.25, 0.3) is 0 Å². The number of pyridine rings is 1. The van der Waals surface area contributed by atoms with E-state index in [1.165, 1.54) is 16.7 Å². The van der Waals surface area contributed by atoms with E-state index < -0.39 is 0 Å². The molecule has 0 spiro atoms. The maximum Gasteiger partial charge on any atom is 0.187 e. The van der Waals surface area contributed by atoms with Crippen LogP contribution in [0.15, 0.2) is 71.0 Å². The van der Waals surface area contributed by atoms with Crippen molar-refractivity contribution in [2.45, 2.75) is 27.7 Å². The normalized spacial score (nSPS) is 11.6. The van der Waals surface area contributed by atoms with E-state index in [0.717, 1.165) is 34.0 Å². The second-order valence-electron chi connectivity index (χ2n) is 7.02. The fourth-order valence-electron chi connectivity index (χ4n) is 3.27. The lowest BCUT2D eigenvalue weighted by Crippen LogP contribution is -1.86. The van der Waals surface area contributed by atoms with Crippen molar-refractivity contribution >= 4 is 17.2 Å². The average molecular weight is 354 g/mol. The van der Waals surface area contributed by atoms with E-state index in [4.69, 9.17) is 4.98 Å². The van der Waals surface area contributed by atoms with Gasteiger partial charge in [0, 0.05) is 11.8 Å². The van der Waals surface area contributed by atoms with Crippen LogP contribution in [0.3, 0.4) is 0 Å². The number of fused-ring (bicyclic) bond motifs is 1. The molecule has 0 amide bonds. The predicted molar refractivity (Wildman–Crippen MR) is 110 cm³/mol. The molecular weight excluding hydrogens is 332 g/mol. The Kier molecular flexibility index (Phi) is 4.32. The fraction of sp³-hybridized carbons (Fsp3) is 0.174. The van der Waals surface area contributed by atoms with Crippen LogP contribution < -0.4 is 0 Å². The van der Waals surface area contributed by atoms with Crippen molar-refractivity contribution in [1.82, 2.24) is 9.38 Å². The SMILES string of the molecule is Cc1ccc(-c2nc3ccccn3c2N=Nc2cc(C)ccc2C)c(C)c1. The molecule has 4 aromatic rings. The summed E-state index contributed by atoms with van der Waals surface area (Å²) < 4.78 is 1.99. The molecule has 2 aromatic carbocycles. The summed E-state index contributed by atoms with van der Waals surface area (Å²) in [6.07, 6.45) is 1.98. The molecule has 0 fully saturated rings. The van der Waals surface area contributed by atoms with Gasteiger partial charge in [-0.1, -0.05) is 42.0 Å². The van der Waals surface area contributed by atoms with Crippen molar-refractivity contribution in [3.8, 4) is 11.3 Å². The van der Waals surface area contributed by atoms with Crippen molar-refractivity contribution in [2.24, 2.45) is 10.2 Å². The Labute approximate surface area is 159 Å². The van der Waals surface area contributed by atoms with Gasteiger partial charge in [-0.05, 0) is 62.6 Å². The second kappa shape index (κ2) is 6.80. The molecule has 0 aliphatic carbocycles. The zero-order valence-corrected chi connectivity index (χ0v) is 16.1. The molecule has 4 heteroatoms. The first-order valence-corrected chi connectivity index (χ1v) is 9.06. The zero-order valence-electron chi connectivity index (χ0n) is 16.1. The van der Waals surface area contributed by atoms with Crippen molar-refractivity contribution in [1.29, 1.82) is 0 Å². The van der Waals surface area contributed by atoms with Gasteiger partial charge >= 0.3 is 0 Å². The van der Waals surface area contributed by atoms with E-state index >= 15 is 0 Å². The number of nitrogens with zero attached hydrogens (tertiary/aromatic N) is 4. The third-order valence-corrected chi connectivity index (χ3v) is 4.76. The zero-order chi connectivity index (χ0) is 19.0. The second-order valence-corrected chi connectivity index (χ2v) is 7.02. The summed E-state index contributed by atoms with van der Waals surface area (Å²) >= 11 is 0. The van der Waals surface area contributed by atoms with Gasteiger partial charge in [-0.15, -0.1) is 10.2 Å². The van der Waals surface area contributed by atoms with E-state index in [1.54, 1.807) is 0 Å². The molecule has 0 saturated carbocycles. The molecule has 2 aromatic heterocycles. The van der Waals surface area contributed by atoms with Crippen LogP contribution in [0.1, 0.15) is 22.3 Å². The van der Waals surface area contributed by atoms with Crippen LogP contribution in [-0.2, 0) is 0 Å². The highest BCUT2D eigenvalue weighted by molar-refractivity contribution is 5.76. The average Bonchev–Trinajstić information content (AvgIpc) is 3.01. The van der Waals surface area contributed by atoms with Gasteiger partial charge in [-0.2, -0.15) is 0 Å². The van der Waals surface area contributed by atoms with E-state index in [1.807, 2.05) is 35.7 Å². The largest absolute Gasteiger partial charge is 0.283 e. The molecule has 4 nitrogen and oxygen atoms in total. The summed E-state index contributed by atoms with van der Waals surface area (Å²) in [6, 6.07) is 18.6.